The zero-order chi connectivity index (χ0) is 39.3. The number of rotatable bonds is 14. The molecule has 7 rings (SSSR count). The van der Waals surface area contributed by atoms with Crippen LogP contribution in [-0.2, 0) is 23.8 Å². The van der Waals surface area contributed by atoms with E-state index in [2.05, 4.69) is 83.0 Å². The number of aromatic amines is 2. The quantitative estimate of drug-likeness (QED) is 0.112. The van der Waals surface area contributed by atoms with Gasteiger partial charge in [-0.15, -0.1) is 0 Å². The van der Waals surface area contributed by atoms with Gasteiger partial charge in [0.05, 0.1) is 43.0 Å². The molecule has 3 fully saturated rings. The molecule has 5 heterocycles. The molecule has 2 aromatic heterocycles. The highest BCUT2D eigenvalue weighted by Gasteiger charge is 2.36. The zero-order valence-corrected chi connectivity index (χ0v) is 32.9. The topological polar surface area (TPSA) is 167 Å². The van der Waals surface area contributed by atoms with Gasteiger partial charge in [-0.2, -0.15) is 0 Å². The summed E-state index contributed by atoms with van der Waals surface area (Å²) in [5, 5.41) is 6.10. The van der Waals surface area contributed by atoms with E-state index in [-0.39, 0.29) is 61.0 Å². The van der Waals surface area contributed by atoms with Gasteiger partial charge < -0.3 is 39.3 Å². The molecule has 0 bridgehead atoms. The molecule has 4 aromatic rings. The maximum atomic E-state index is 13.5. The van der Waals surface area contributed by atoms with Crippen LogP contribution in [0.25, 0.3) is 33.6 Å². The predicted octanol–water partition coefficient (Wildman–Crippen LogP) is 6.52. The Morgan fingerprint density at radius 2 is 1.18 bits per heavy atom. The number of amides is 3. The normalized spacial score (nSPS) is 19.7. The number of nitrogens with one attached hydrogen (secondary N) is 4. The minimum Gasteiger partial charge on any atom is -0.453 e. The summed E-state index contributed by atoms with van der Waals surface area (Å²) in [7, 11) is 1.32. The summed E-state index contributed by atoms with van der Waals surface area (Å²) < 4.78 is 15.5. The first kappa shape index (κ1) is 39.2. The van der Waals surface area contributed by atoms with Gasteiger partial charge in [-0.1, -0.05) is 76.2 Å². The SMILES string of the molecule is COC(=O)N[C@H](CC(=O)N1CCC[C@H]1c1ncc(-c2ccc(-c3ccc(-c4cnc([C@@H]5CCCN5C(=O)C[C@@H](NC5OCO5)C(C)C)[nH]4)cc3)cc2)[nH]1)C(C)C. The first-order chi connectivity index (χ1) is 27.1. The number of ether oxygens (including phenoxy) is 3. The minimum atomic E-state index is -0.532. The molecule has 0 spiro atoms. The number of likely N-dealkylation sites (tertiary alicyclic amines) is 2. The average Bonchev–Trinajstić information content (AvgIpc) is 4.02. The summed E-state index contributed by atoms with van der Waals surface area (Å²) >= 11 is 0. The lowest BCUT2D eigenvalue weighted by atomic mass is 10.00. The summed E-state index contributed by atoms with van der Waals surface area (Å²) in [6, 6.07) is 16.2. The second kappa shape index (κ2) is 17.4. The first-order valence-electron chi connectivity index (χ1n) is 19.8. The molecule has 4 atom stereocenters. The Labute approximate surface area is 328 Å². The fourth-order valence-electron chi connectivity index (χ4n) is 7.86. The van der Waals surface area contributed by atoms with Crippen LogP contribution >= 0.6 is 0 Å². The van der Waals surface area contributed by atoms with Gasteiger partial charge in [0.25, 0.3) is 0 Å². The second-order valence-electron chi connectivity index (χ2n) is 15.7. The van der Waals surface area contributed by atoms with Crippen molar-refractivity contribution in [2.24, 2.45) is 11.8 Å². The van der Waals surface area contributed by atoms with Crippen LogP contribution in [0.1, 0.15) is 90.0 Å². The van der Waals surface area contributed by atoms with Gasteiger partial charge in [-0.05, 0) is 59.8 Å². The fourth-order valence-corrected chi connectivity index (χ4v) is 7.86. The fraction of sp³-hybridized carbons (Fsp3) is 0.500. The Morgan fingerprint density at radius 1 is 0.732 bits per heavy atom. The largest absolute Gasteiger partial charge is 0.453 e. The third kappa shape index (κ3) is 8.82. The Morgan fingerprint density at radius 3 is 1.59 bits per heavy atom. The molecule has 3 saturated heterocycles. The highest BCUT2D eigenvalue weighted by atomic mass is 16.9. The highest BCUT2D eigenvalue weighted by molar-refractivity contribution is 5.79. The molecule has 14 heteroatoms. The lowest BCUT2D eigenvalue weighted by Gasteiger charge is -2.34. The van der Waals surface area contributed by atoms with E-state index < -0.39 is 12.5 Å². The predicted molar refractivity (Wildman–Crippen MR) is 210 cm³/mol. The smallest absolute Gasteiger partial charge is 0.407 e. The summed E-state index contributed by atoms with van der Waals surface area (Å²) in [6.07, 6.45) is 6.81. The van der Waals surface area contributed by atoms with E-state index >= 15 is 0 Å². The van der Waals surface area contributed by atoms with Crippen LogP contribution in [0.15, 0.2) is 60.9 Å². The van der Waals surface area contributed by atoms with Crippen LogP contribution in [-0.4, -0.2) is 93.1 Å². The van der Waals surface area contributed by atoms with Gasteiger partial charge >= 0.3 is 6.09 Å². The lowest BCUT2D eigenvalue weighted by Crippen LogP contribution is -2.51. The van der Waals surface area contributed by atoms with Crippen molar-refractivity contribution in [3.05, 3.63) is 72.6 Å². The van der Waals surface area contributed by atoms with Crippen LogP contribution in [0.2, 0.25) is 0 Å². The van der Waals surface area contributed by atoms with Crippen LogP contribution in [0.5, 0.6) is 0 Å². The van der Waals surface area contributed by atoms with E-state index in [1.165, 1.54) is 7.11 Å². The maximum absolute atomic E-state index is 13.5. The highest BCUT2D eigenvalue weighted by Crippen LogP contribution is 2.35. The van der Waals surface area contributed by atoms with Crippen LogP contribution in [0, 0.1) is 11.8 Å². The van der Waals surface area contributed by atoms with Gasteiger partial charge in [-0.3, -0.25) is 14.9 Å². The first-order valence-corrected chi connectivity index (χ1v) is 19.8. The molecular weight excluding hydrogens is 713 g/mol. The average molecular weight is 767 g/mol. The summed E-state index contributed by atoms with van der Waals surface area (Å²) in [5.74, 6) is 2.00. The zero-order valence-electron chi connectivity index (χ0n) is 32.9. The van der Waals surface area contributed by atoms with E-state index in [9.17, 15) is 14.4 Å². The molecule has 3 aliphatic heterocycles. The van der Waals surface area contributed by atoms with Gasteiger partial charge in [0.2, 0.25) is 18.2 Å². The number of aromatic nitrogens is 4. The number of methoxy groups -OCH3 is 1. The molecule has 0 aliphatic carbocycles. The van der Waals surface area contributed by atoms with E-state index in [1.54, 1.807) is 0 Å². The van der Waals surface area contributed by atoms with Crippen molar-refractivity contribution in [2.45, 2.75) is 96.8 Å². The number of hydrogen-bond donors (Lipinski definition) is 4. The van der Waals surface area contributed by atoms with E-state index in [0.717, 1.165) is 71.0 Å². The number of hydrogen-bond acceptors (Lipinski definition) is 9. The maximum Gasteiger partial charge on any atom is 0.407 e. The molecule has 2 aromatic carbocycles. The van der Waals surface area contributed by atoms with Gasteiger partial charge in [0, 0.05) is 38.0 Å². The van der Waals surface area contributed by atoms with Crippen LogP contribution in [0.3, 0.4) is 0 Å². The Hall–Kier alpha value is -5.05. The number of carbonyl (C=O) groups is 3. The molecule has 0 saturated carbocycles. The van der Waals surface area contributed by atoms with Gasteiger partial charge in [0.15, 0.2) is 6.79 Å². The molecule has 0 unspecified atom stereocenters. The Kier molecular flexibility index (Phi) is 12.2. The monoisotopic (exact) mass is 766 g/mol. The van der Waals surface area contributed by atoms with Crippen molar-refractivity contribution in [1.29, 1.82) is 0 Å². The van der Waals surface area contributed by atoms with Crippen molar-refractivity contribution in [3.63, 3.8) is 0 Å². The molecule has 4 N–H and O–H groups in total. The molecule has 0 radical (unpaired) electrons. The van der Waals surface area contributed by atoms with Crippen LogP contribution < -0.4 is 10.6 Å². The standard InChI is InChI=1S/C42H54N8O6/c1-25(2)31(47-41(53)54-5)20-37(51)49-18-6-8-35(49)39-43-22-33(45-39)29-14-10-27(11-15-29)28-12-16-30(17-13-28)34-23-44-40(46-34)36-9-7-19-50(36)38(52)21-32(26(3)4)48-42-55-24-56-42/h10-17,22-23,25-26,31-32,35-36,42,48H,6-9,18-21,24H2,1-5H3,(H,43,45)(H,44,46)(H,47,53)/t31-,32-,35+,36+/m1/s1. The third-order valence-corrected chi connectivity index (χ3v) is 11.4. The van der Waals surface area contributed by atoms with E-state index in [0.29, 0.717) is 19.5 Å². The molecule has 298 valence electrons. The number of H-pyrrole nitrogens is 2. The lowest BCUT2D eigenvalue weighted by molar-refractivity contribution is -0.336. The van der Waals surface area contributed by atoms with Crippen molar-refractivity contribution in [2.75, 3.05) is 27.0 Å². The molecule has 3 amide bonds. The van der Waals surface area contributed by atoms with Crippen molar-refractivity contribution in [3.8, 4) is 33.6 Å². The molecular formula is C42H54N8O6. The summed E-state index contributed by atoms with van der Waals surface area (Å²) in [6.45, 7) is 9.80. The Balaban J connectivity index is 0.963. The van der Waals surface area contributed by atoms with E-state index in [1.807, 2.05) is 36.0 Å². The molecule has 14 nitrogen and oxygen atoms in total. The number of imidazole rings is 2. The van der Waals surface area contributed by atoms with E-state index in [4.69, 9.17) is 24.2 Å². The van der Waals surface area contributed by atoms with Crippen molar-refractivity contribution >= 4 is 17.9 Å². The Bertz CT molecular complexity index is 1950. The van der Waals surface area contributed by atoms with Crippen LogP contribution in [0.4, 0.5) is 4.79 Å². The van der Waals surface area contributed by atoms with Crippen molar-refractivity contribution < 1.29 is 28.6 Å². The van der Waals surface area contributed by atoms with Gasteiger partial charge in [-0.25, -0.2) is 14.8 Å². The second-order valence-corrected chi connectivity index (χ2v) is 15.7. The van der Waals surface area contributed by atoms with Gasteiger partial charge in [0.1, 0.15) is 11.6 Å². The molecule has 56 heavy (non-hydrogen) atoms. The molecule has 3 aliphatic rings. The number of carbonyl (C=O) groups excluding carboxylic acids is 3. The number of alkyl carbamates (subject to hydrolysis) is 1. The summed E-state index contributed by atoms with van der Waals surface area (Å²) in [5.41, 5.74) is 6.00. The van der Waals surface area contributed by atoms with Crippen molar-refractivity contribution in [1.82, 2.24) is 40.4 Å². The minimum absolute atomic E-state index is 0.00779. The number of benzene rings is 2. The third-order valence-electron chi connectivity index (χ3n) is 11.4. The number of nitrogens with zero attached hydrogens (tertiary/aromatic N) is 4. The summed E-state index contributed by atoms with van der Waals surface area (Å²) in [4.78, 5) is 59.0.